The van der Waals surface area contributed by atoms with E-state index in [0.29, 0.717) is 0 Å². The summed E-state index contributed by atoms with van der Waals surface area (Å²) in [4.78, 5) is 4.51. The van der Waals surface area contributed by atoms with E-state index in [0.717, 1.165) is 0 Å². The van der Waals surface area contributed by atoms with Crippen molar-refractivity contribution >= 4 is 0 Å². The number of hydrogen-bond donors (Lipinski definition) is 2. The van der Waals surface area contributed by atoms with E-state index in [1.54, 1.807) is 0 Å². The van der Waals surface area contributed by atoms with Gasteiger partial charge in [-0.1, -0.05) is 0 Å². The van der Waals surface area contributed by atoms with Gasteiger partial charge in [0.15, 0.2) is 0 Å². The van der Waals surface area contributed by atoms with E-state index in [2.05, 4.69) is 16.9 Å². The summed E-state index contributed by atoms with van der Waals surface area (Å²) >= 11 is -1.52. The molecule has 0 aromatic carbocycles. The fourth-order valence-corrected chi connectivity index (χ4v) is 0.634. The van der Waals surface area contributed by atoms with Crippen LogP contribution in [0.1, 0.15) is 0 Å². The first-order valence-electron chi connectivity index (χ1n) is 2.13. The normalized spacial score (nSPS) is 14.3. The summed E-state index contributed by atoms with van der Waals surface area (Å²) in [7, 11) is 4.01. The molecule has 0 heterocycles. The van der Waals surface area contributed by atoms with E-state index < -0.39 is 19.0 Å². The van der Waals surface area contributed by atoms with Crippen molar-refractivity contribution in [1.29, 1.82) is 0 Å². The monoisotopic (exact) mass is 217 g/mol. The van der Waals surface area contributed by atoms with Gasteiger partial charge in [-0.2, -0.15) is 0 Å². The fourth-order valence-electron chi connectivity index (χ4n) is 0.0945. The number of hydrogen-bond acceptors (Lipinski definition) is 2. The minimum atomic E-state index is -1.52. The summed E-state index contributed by atoms with van der Waals surface area (Å²) in [6, 6.07) is 0. The Morgan fingerprint density at radius 2 is 1.29 bits per heavy atom. The first-order valence-corrected chi connectivity index (χ1v) is 8.61. The van der Waals surface area contributed by atoms with E-state index in [1.807, 2.05) is 14.1 Å². The zero-order valence-electron chi connectivity index (χ0n) is 5.38. The van der Waals surface area contributed by atoms with E-state index in [9.17, 15) is 0 Å². The molecule has 0 atom stereocenters. The van der Waals surface area contributed by atoms with Crippen LogP contribution in [0.2, 0.25) is 0 Å². The Kier molecular flexibility index (Phi) is 3.10. The van der Waals surface area contributed by atoms with Gasteiger partial charge in [0.25, 0.3) is 0 Å². The number of alkyl halides is 2. The third-order valence-corrected chi connectivity index (χ3v) is 6.34. The van der Waals surface area contributed by atoms with Crippen molar-refractivity contribution in [2.45, 2.75) is 0 Å². The molecule has 0 amide bonds. The second-order valence-electron chi connectivity index (χ2n) is 1.61. The first kappa shape index (κ1) is 7.65. The number of nitrogens with one attached hydrogen (secondary N) is 2. The van der Waals surface area contributed by atoms with Gasteiger partial charge in [0.05, 0.1) is 0 Å². The van der Waals surface area contributed by atoms with Crippen molar-refractivity contribution in [3.05, 3.63) is 0 Å². The predicted octanol–water partition coefficient (Wildman–Crippen LogP) is -3.32. The van der Waals surface area contributed by atoms with Gasteiger partial charge >= 0.3 is 50.0 Å². The van der Waals surface area contributed by atoms with Crippen LogP contribution in [0.3, 0.4) is 0 Å². The molecular formula is C4H14IN2-. The standard InChI is InChI=1S/C4H14IN2/c1-5(2,6-3)7-4/h6-7H,1-4H3/q-1. The quantitative estimate of drug-likeness (QED) is 0.287. The average molecular weight is 217 g/mol. The van der Waals surface area contributed by atoms with Crippen molar-refractivity contribution in [2.24, 2.45) is 0 Å². The molecule has 0 aliphatic carbocycles. The molecule has 0 bridgehead atoms. The van der Waals surface area contributed by atoms with Crippen LogP contribution in [-0.4, -0.2) is 24.0 Å². The Hall–Kier alpha value is 0.650. The van der Waals surface area contributed by atoms with Gasteiger partial charge in [0.1, 0.15) is 0 Å². The second kappa shape index (κ2) is 2.84. The van der Waals surface area contributed by atoms with Gasteiger partial charge in [-0.05, 0) is 0 Å². The van der Waals surface area contributed by atoms with Crippen molar-refractivity contribution in [3.63, 3.8) is 0 Å². The summed E-state index contributed by atoms with van der Waals surface area (Å²) in [5.74, 6) is 0. The molecule has 7 heavy (non-hydrogen) atoms. The molecule has 0 rings (SSSR count). The van der Waals surface area contributed by atoms with Crippen LogP contribution in [-0.2, 0) is 0 Å². The predicted molar refractivity (Wildman–Crippen MR) is 30.0 cm³/mol. The molecule has 0 aliphatic heterocycles. The molecule has 0 radical (unpaired) electrons. The molecule has 0 spiro atoms. The minimum absolute atomic E-state index is 1.52. The maximum absolute atomic E-state index is 3.26. The van der Waals surface area contributed by atoms with Crippen LogP contribution in [0, 0.1) is 0 Å². The van der Waals surface area contributed by atoms with Gasteiger partial charge in [-0.25, -0.2) is 0 Å². The molecule has 0 saturated carbocycles. The third-order valence-electron chi connectivity index (χ3n) is 0.945. The van der Waals surface area contributed by atoms with Gasteiger partial charge in [-0.3, -0.25) is 0 Å². The number of halogens is 1. The van der Waals surface area contributed by atoms with Crippen molar-refractivity contribution in [3.8, 4) is 0 Å². The van der Waals surface area contributed by atoms with Crippen LogP contribution in [0.4, 0.5) is 0 Å². The molecule has 0 saturated heterocycles. The van der Waals surface area contributed by atoms with Crippen LogP contribution in [0.5, 0.6) is 0 Å². The Morgan fingerprint density at radius 3 is 1.29 bits per heavy atom. The molecule has 0 aromatic rings. The topological polar surface area (TPSA) is 24.1 Å². The first-order chi connectivity index (χ1) is 3.12. The molecule has 3 heteroatoms. The molecule has 0 fully saturated rings. The van der Waals surface area contributed by atoms with E-state index in [-0.39, 0.29) is 0 Å². The molecule has 2 nitrogen and oxygen atoms in total. The van der Waals surface area contributed by atoms with Crippen LogP contribution >= 0.6 is 0 Å². The molecule has 0 aliphatic rings. The Balaban J connectivity index is 3.36. The van der Waals surface area contributed by atoms with Crippen molar-refractivity contribution < 1.29 is 19.0 Å². The fraction of sp³-hybridized carbons (Fsp3) is 1.00. The average Bonchev–Trinajstić information content (AvgIpc) is 1.68. The molecule has 0 unspecified atom stereocenters. The zero-order chi connectivity index (χ0) is 5.91. The van der Waals surface area contributed by atoms with Crippen molar-refractivity contribution in [2.75, 3.05) is 24.0 Å². The second-order valence-corrected chi connectivity index (χ2v) is 10.8. The molecule has 2 N–H and O–H groups in total. The van der Waals surface area contributed by atoms with Gasteiger partial charge < -0.3 is 0 Å². The summed E-state index contributed by atoms with van der Waals surface area (Å²) in [5, 5.41) is 0. The Bertz CT molecular complexity index is 47.7. The van der Waals surface area contributed by atoms with Crippen LogP contribution in [0.15, 0.2) is 0 Å². The Labute approximate surface area is 50.3 Å². The molecule has 0 aromatic heterocycles. The van der Waals surface area contributed by atoms with E-state index in [1.165, 1.54) is 0 Å². The summed E-state index contributed by atoms with van der Waals surface area (Å²) in [6.45, 7) is 0. The van der Waals surface area contributed by atoms with E-state index in [4.69, 9.17) is 0 Å². The summed E-state index contributed by atoms with van der Waals surface area (Å²) < 4.78 is 6.52. The number of rotatable bonds is 2. The molecular weight excluding hydrogens is 203 g/mol. The zero-order valence-corrected chi connectivity index (χ0v) is 7.54. The SMILES string of the molecule is CN[I-](C)(C)NC. The summed E-state index contributed by atoms with van der Waals surface area (Å²) in [5.41, 5.74) is 0. The van der Waals surface area contributed by atoms with Crippen LogP contribution in [0.25, 0.3) is 0 Å². The van der Waals surface area contributed by atoms with Gasteiger partial charge in [0.2, 0.25) is 0 Å². The Morgan fingerprint density at radius 1 is 1.00 bits per heavy atom. The summed E-state index contributed by atoms with van der Waals surface area (Å²) in [6.07, 6.45) is 0. The maximum atomic E-state index is 3.26. The van der Waals surface area contributed by atoms with E-state index >= 15 is 0 Å². The molecule has 48 valence electrons. The van der Waals surface area contributed by atoms with Crippen LogP contribution < -0.4 is 26.0 Å². The van der Waals surface area contributed by atoms with Crippen molar-refractivity contribution in [1.82, 2.24) is 7.06 Å². The van der Waals surface area contributed by atoms with Gasteiger partial charge in [0, 0.05) is 0 Å². The van der Waals surface area contributed by atoms with Gasteiger partial charge in [-0.15, -0.1) is 0 Å². The third kappa shape index (κ3) is 3.25.